The normalized spacial score (nSPS) is 21.3. The molecule has 3 atom stereocenters. The Bertz CT molecular complexity index is 903. The Hall–Kier alpha value is -2.32. The molecule has 3 rings (SSSR count). The van der Waals surface area contributed by atoms with Crippen molar-refractivity contribution in [2.75, 3.05) is 7.11 Å². The lowest BCUT2D eigenvalue weighted by atomic mass is 9.66. The van der Waals surface area contributed by atoms with Gasteiger partial charge in [-0.3, -0.25) is 4.79 Å². The van der Waals surface area contributed by atoms with Crippen LogP contribution in [0, 0.1) is 11.8 Å². The van der Waals surface area contributed by atoms with Gasteiger partial charge >= 0.3 is 0 Å². The first-order valence-electron chi connectivity index (χ1n) is 10.1. The van der Waals surface area contributed by atoms with E-state index in [2.05, 4.69) is 45.1 Å². The summed E-state index contributed by atoms with van der Waals surface area (Å²) >= 11 is 6.05. The Balaban J connectivity index is 2.03. The van der Waals surface area contributed by atoms with Crippen molar-refractivity contribution in [1.82, 2.24) is 0 Å². The molecule has 0 N–H and O–H groups in total. The predicted octanol–water partition coefficient (Wildman–Crippen LogP) is 7.25. The summed E-state index contributed by atoms with van der Waals surface area (Å²) < 4.78 is 5.32. The van der Waals surface area contributed by atoms with Gasteiger partial charge in [0.05, 0.1) is 7.11 Å². The van der Waals surface area contributed by atoms with Gasteiger partial charge in [0.2, 0.25) is 0 Å². The standard InChI is InChI=1S/C26H29ClO2/c1-17(2)5-15-23-18(3)6-16-24(19-9-13-22(29-4)14-10-19)25(23)26(28)20-7-11-21(27)12-8-20/h5-14,23-25H,15-16H2,1-4H3/t23-,24+,25-/m1/s1. The van der Waals surface area contributed by atoms with Crippen molar-refractivity contribution >= 4 is 17.4 Å². The molecule has 0 saturated carbocycles. The Labute approximate surface area is 179 Å². The highest BCUT2D eigenvalue weighted by Crippen LogP contribution is 2.44. The number of carbonyl (C=O) groups excluding carboxylic acids is 1. The summed E-state index contributed by atoms with van der Waals surface area (Å²) in [6.07, 6.45) is 6.30. The molecule has 1 aliphatic rings. The van der Waals surface area contributed by atoms with E-state index < -0.39 is 0 Å². The van der Waals surface area contributed by atoms with Gasteiger partial charge in [0, 0.05) is 16.5 Å². The maximum absolute atomic E-state index is 13.7. The molecule has 0 radical (unpaired) electrons. The van der Waals surface area contributed by atoms with E-state index in [0.29, 0.717) is 5.02 Å². The van der Waals surface area contributed by atoms with E-state index in [-0.39, 0.29) is 23.5 Å². The van der Waals surface area contributed by atoms with Crippen LogP contribution in [0.5, 0.6) is 5.75 Å². The van der Waals surface area contributed by atoms with Crippen molar-refractivity contribution in [3.05, 3.63) is 88.0 Å². The molecule has 0 aliphatic heterocycles. The van der Waals surface area contributed by atoms with Crippen LogP contribution in [0.25, 0.3) is 0 Å². The van der Waals surface area contributed by atoms with Crippen molar-refractivity contribution in [1.29, 1.82) is 0 Å². The second-order valence-corrected chi connectivity index (χ2v) is 8.52. The van der Waals surface area contributed by atoms with Crippen molar-refractivity contribution in [3.63, 3.8) is 0 Å². The van der Waals surface area contributed by atoms with Gasteiger partial charge in [-0.1, -0.05) is 47.0 Å². The third-order valence-corrected chi connectivity index (χ3v) is 6.15. The highest BCUT2D eigenvalue weighted by atomic mass is 35.5. The molecule has 0 bridgehead atoms. The van der Waals surface area contributed by atoms with Gasteiger partial charge in [-0.2, -0.15) is 0 Å². The smallest absolute Gasteiger partial charge is 0.167 e. The van der Waals surface area contributed by atoms with Crippen LogP contribution in [0.2, 0.25) is 5.02 Å². The van der Waals surface area contributed by atoms with E-state index in [0.717, 1.165) is 24.2 Å². The maximum atomic E-state index is 13.7. The molecule has 29 heavy (non-hydrogen) atoms. The van der Waals surface area contributed by atoms with Crippen LogP contribution in [0.15, 0.2) is 71.8 Å². The minimum Gasteiger partial charge on any atom is -0.497 e. The molecule has 2 nitrogen and oxygen atoms in total. The van der Waals surface area contributed by atoms with E-state index in [1.54, 1.807) is 19.2 Å². The Morgan fingerprint density at radius 3 is 2.34 bits per heavy atom. The minimum atomic E-state index is -0.106. The topological polar surface area (TPSA) is 26.3 Å². The molecule has 0 heterocycles. The predicted molar refractivity (Wildman–Crippen MR) is 121 cm³/mol. The van der Waals surface area contributed by atoms with E-state index in [1.807, 2.05) is 24.3 Å². The number of methoxy groups -OCH3 is 1. The second-order valence-electron chi connectivity index (χ2n) is 8.08. The molecular formula is C26H29ClO2. The fourth-order valence-corrected chi connectivity index (χ4v) is 4.36. The molecule has 152 valence electrons. The molecule has 2 aromatic carbocycles. The molecule has 2 aromatic rings. The summed E-state index contributed by atoms with van der Waals surface area (Å²) in [4.78, 5) is 13.7. The summed E-state index contributed by atoms with van der Waals surface area (Å²) in [5, 5.41) is 0.647. The van der Waals surface area contributed by atoms with Gasteiger partial charge < -0.3 is 4.74 Å². The average molecular weight is 409 g/mol. The number of Topliss-reactive ketones (excluding diaryl/α,β-unsaturated/α-hetero) is 1. The Morgan fingerprint density at radius 2 is 1.76 bits per heavy atom. The number of ether oxygens (including phenoxy) is 1. The van der Waals surface area contributed by atoms with E-state index in [4.69, 9.17) is 16.3 Å². The number of hydrogen-bond donors (Lipinski definition) is 0. The lowest BCUT2D eigenvalue weighted by Crippen LogP contribution is -2.33. The van der Waals surface area contributed by atoms with Gasteiger partial charge in [0.15, 0.2) is 5.78 Å². The van der Waals surface area contributed by atoms with Crippen LogP contribution in [-0.2, 0) is 0 Å². The van der Waals surface area contributed by atoms with Crippen LogP contribution < -0.4 is 4.74 Å². The SMILES string of the molecule is COc1ccc([C@@H]2CC=C(C)[C@@H](CC=C(C)C)[C@H]2C(=O)c2ccc(Cl)cc2)cc1. The number of ketones is 1. The van der Waals surface area contributed by atoms with Gasteiger partial charge in [0.25, 0.3) is 0 Å². The minimum absolute atomic E-state index is 0.106. The summed E-state index contributed by atoms with van der Waals surface area (Å²) in [6, 6.07) is 15.4. The lowest BCUT2D eigenvalue weighted by molar-refractivity contribution is 0.0850. The van der Waals surface area contributed by atoms with Crippen molar-refractivity contribution in [3.8, 4) is 5.75 Å². The zero-order valence-electron chi connectivity index (χ0n) is 17.6. The van der Waals surface area contributed by atoms with E-state index in [1.165, 1.54) is 16.7 Å². The average Bonchev–Trinajstić information content (AvgIpc) is 2.72. The van der Waals surface area contributed by atoms with Gasteiger partial charge in [0.1, 0.15) is 5.75 Å². The third kappa shape index (κ3) is 5.00. The summed E-state index contributed by atoms with van der Waals surface area (Å²) in [6.45, 7) is 6.38. The van der Waals surface area contributed by atoms with Gasteiger partial charge in [-0.15, -0.1) is 0 Å². The number of benzene rings is 2. The highest BCUT2D eigenvalue weighted by Gasteiger charge is 2.39. The molecule has 1 aliphatic carbocycles. The number of carbonyl (C=O) groups is 1. The number of rotatable bonds is 6. The molecule has 0 amide bonds. The summed E-state index contributed by atoms with van der Waals surface area (Å²) in [5.41, 5.74) is 4.50. The first-order valence-corrected chi connectivity index (χ1v) is 10.5. The van der Waals surface area contributed by atoms with Crippen LogP contribution in [0.1, 0.15) is 55.5 Å². The van der Waals surface area contributed by atoms with Crippen molar-refractivity contribution in [2.24, 2.45) is 11.8 Å². The van der Waals surface area contributed by atoms with Crippen LogP contribution >= 0.6 is 11.6 Å². The zero-order valence-corrected chi connectivity index (χ0v) is 18.4. The van der Waals surface area contributed by atoms with Crippen molar-refractivity contribution in [2.45, 2.75) is 39.5 Å². The van der Waals surface area contributed by atoms with Crippen LogP contribution in [-0.4, -0.2) is 12.9 Å². The fourth-order valence-electron chi connectivity index (χ4n) is 4.24. The highest BCUT2D eigenvalue weighted by molar-refractivity contribution is 6.30. The number of hydrogen-bond acceptors (Lipinski definition) is 2. The molecule has 0 fully saturated rings. The molecule has 3 heteroatoms. The number of allylic oxidation sites excluding steroid dienone is 4. The largest absolute Gasteiger partial charge is 0.497 e. The lowest BCUT2D eigenvalue weighted by Gasteiger charge is -2.37. The first-order chi connectivity index (χ1) is 13.9. The van der Waals surface area contributed by atoms with Crippen molar-refractivity contribution < 1.29 is 9.53 Å². The molecule has 0 spiro atoms. The van der Waals surface area contributed by atoms with Crippen LogP contribution in [0.4, 0.5) is 0 Å². The second kappa shape index (κ2) is 9.45. The maximum Gasteiger partial charge on any atom is 0.167 e. The summed E-state index contributed by atoms with van der Waals surface area (Å²) in [7, 11) is 1.67. The monoisotopic (exact) mass is 408 g/mol. The van der Waals surface area contributed by atoms with E-state index >= 15 is 0 Å². The Morgan fingerprint density at radius 1 is 1.10 bits per heavy atom. The summed E-state index contributed by atoms with van der Waals surface area (Å²) in [5.74, 6) is 1.25. The Kier molecular flexibility index (Phi) is 6.97. The molecule has 0 aromatic heterocycles. The molecule has 0 saturated heterocycles. The third-order valence-electron chi connectivity index (χ3n) is 5.90. The zero-order chi connectivity index (χ0) is 21.0. The van der Waals surface area contributed by atoms with Crippen LogP contribution in [0.3, 0.4) is 0 Å². The van der Waals surface area contributed by atoms with Gasteiger partial charge in [-0.25, -0.2) is 0 Å². The van der Waals surface area contributed by atoms with Gasteiger partial charge in [-0.05, 0) is 87.4 Å². The quantitative estimate of drug-likeness (QED) is 0.371. The fraction of sp³-hybridized carbons (Fsp3) is 0.346. The number of halogens is 1. The first kappa shape index (κ1) is 21.4. The van der Waals surface area contributed by atoms with E-state index in [9.17, 15) is 4.79 Å². The molecule has 0 unspecified atom stereocenters. The molecular weight excluding hydrogens is 380 g/mol.